The number of halogens is 4. The van der Waals surface area contributed by atoms with E-state index in [-0.39, 0.29) is 42.7 Å². The number of amides is 1. The molecule has 0 aromatic heterocycles. The molecule has 7 heteroatoms. The first-order valence-corrected chi connectivity index (χ1v) is 8.73. The minimum Gasteiger partial charge on any atom is -0.508 e. The molecule has 1 unspecified atom stereocenters. The fraction of sp³-hybridized carbons (Fsp3) is 0.350. The van der Waals surface area contributed by atoms with E-state index in [9.17, 15) is 27.5 Å². The lowest BCUT2D eigenvalue weighted by atomic mass is 9.61. The largest absolute Gasteiger partial charge is 0.508 e. The van der Waals surface area contributed by atoms with Gasteiger partial charge in [0, 0.05) is 12.8 Å². The number of rotatable bonds is 2. The van der Waals surface area contributed by atoms with Crippen molar-refractivity contribution in [2.24, 2.45) is 5.92 Å². The van der Waals surface area contributed by atoms with E-state index < -0.39 is 34.8 Å². The quantitative estimate of drug-likeness (QED) is 0.741. The Kier molecular flexibility index (Phi) is 3.94. The Labute approximate surface area is 153 Å². The Balaban J connectivity index is 1.92. The van der Waals surface area contributed by atoms with Crippen molar-refractivity contribution < 1.29 is 27.5 Å². The number of anilines is 1. The third kappa shape index (κ3) is 2.59. The maximum atomic E-state index is 14.3. The second-order valence-corrected chi connectivity index (χ2v) is 7.22. The minimum atomic E-state index is -2.79. The molecule has 1 atom stereocenters. The van der Waals surface area contributed by atoms with E-state index in [2.05, 4.69) is 5.32 Å². The summed E-state index contributed by atoms with van der Waals surface area (Å²) in [5.41, 5.74) is -0.955. The smallest absolute Gasteiger partial charge is 0.248 e. The van der Waals surface area contributed by atoms with Gasteiger partial charge in [0.15, 0.2) is 11.6 Å². The number of carbonyl (C=O) groups is 1. The molecule has 1 saturated carbocycles. The first-order chi connectivity index (χ1) is 12.8. The van der Waals surface area contributed by atoms with Gasteiger partial charge in [-0.05, 0) is 48.1 Å². The van der Waals surface area contributed by atoms with Crippen LogP contribution in [0.5, 0.6) is 5.75 Å². The van der Waals surface area contributed by atoms with Crippen LogP contribution >= 0.6 is 0 Å². The molecule has 0 saturated heterocycles. The van der Waals surface area contributed by atoms with Crippen molar-refractivity contribution in [3.63, 3.8) is 0 Å². The molecule has 1 aliphatic carbocycles. The van der Waals surface area contributed by atoms with Crippen LogP contribution in [0.25, 0.3) is 0 Å². The van der Waals surface area contributed by atoms with Gasteiger partial charge in [0.1, 0.15) is 11.2 Å². The summed E-state index contributed by atoms with van der Waals surface area (Å²) in [5, 5.41) is 12.0. The number of phenolic OH excluding ortho intramolecular Hbond substituents is 1. The van der Waals surface area contributed by atoms with Crippen LogP contribution in [0.3, 0.4) is 0 Å². The van der Waals surface area contributed by atoms with Crippen LogP contribution in [-0.4, -0.2) is 16.9 Å². The lowest BCUT2D eigenvalue weighted by Gasteiger charge is -2.40. The highest BCUT2D eigenvalue weighted by atomic mass is 19.3. The van der Waals surface area contributed by atoms with E-state index in [0.717, 1.165) is 6.07 Å². The Morgan fingerprint density at radius 3 is 2.26 bits per heavy atom. The van der Waals surface area contributed by atoms with E-state index in [4.69, 9.17) is 0 Å². The Bertz CT molecular complexity index is 903. The van der Waals surface area contributed by atoms with Crippen molar-refractivity contribution in [3.8, 4) is 5.75 Å². The van der Waals surface area contributed by atoms with Crippen molar-refractivity contribution in [1.29, 1.82) is 0 Å². The van der Waals surface area contributed by atoms with Gasteiger partial charge in [-0.2, -0.15) is 0 Å². The maximum Gasteiger partial charge on any atom is 0.248 e. The zero-order chi connectivity index (χ0) is 19.4. The van der Waals surface area contributed by atoms with E-state index in [1.165, 1.54) is 30.3 Å². The number of nitrogens with one attached hydrogen (secondary N) is 1. The predicted molar refractivity (Wildman–Crippen MR) is 90.8 cm³/mol. The highest BCUT2D eigenvalue weighted by molar-refractivity contribution is 6.09. The normalized spacial score (nSPS) is 24.5. The van der Waals surface area contributed by atoms with Gasteiger partial charge in [0.2, 0.25) is 11.8 Å². The van der Waals surface area contributed by atoms with Crippen molar-refractivity contribution >= 4 is 11.6 Å². The van der Waals surface area contributed by atoms with Gasteiger partial charge in [0.25, 0.3) is 0 Å². The third-order valence-corrected chi connectivity index (χ3v) is 5.77. The fourth-order valence-corrected chi connectivity index (χ4v) is 4.46. The van der Waals surface area contributed by atoms with Crippen LogP contribution in [0.1, 0.15) is 36.8 Å². The number of carbonyl (C=O) groups excluding carboxylic acids is 1. The first-order valence-electron chi connectivity index (χ1n) is 8.73. The van der Waals surface area contributed by atoms with E-state index in [1.54, 1.807) is 0 Å². The molecular weight excluding hydrogens is 362 g/mol. The molecule has 3 nitrogen and oxygen atoms in total. The van der Waals surface area contributed by atoms with Gasteiger partial charge in [-0.15, -0.1) is 0 Å². The summed E-state index contributed by atoms with van der Waals surface area (Å²) >= 11 is 0. The summed E-state index contributed by atoms with van der Waals surface area (Å²) in [5.74, 6) is -6.14. The van der Waals surface area contributed by atoms with E-state index >= 15 is 0 Å². The van der Waals surface area contributed by atoms with Gasteiger partial charge >= 0.3 is 0 Å². The highest BCUT2D eigenvalue weighted by Crippen LogP contribution is 2.54. The van der Waals surface area contributed by atoms with Crippen LogP contribution in [0.15, 0.2) is 36.4 Å². The SMILES string of the molecule is O=C1Nc2c(ccc(F)c2F)C1(c1ccc(O)cc1)C1CCC(F)(F)CC1. The van der Waals surface area contributed by atoms with Gasteiger partial charge in [-0.1, -0.05) is 18.2 Å². The summed E-state index contributed by atoms with van der Waals surface area (Å²) in [6.45, 7) is 0. The number of hydrogen-bond acceptors (Lipinski definition) is 2. The monoisotopic (exact) mass is 379 g/mol. The summed E-state index contributed by atoms with van der Waals surface area (Å²) in [6.07, 6.45) is -0.604. The Morgan fingerprint density at radius 2 is 1.63 bits per heavy atom. The van der Waals surface area contributed by atoms with Crippen LogP contribution in [0.2, 0.25) is 0 Å². The number of phenols is 1. The zero-order valence-electron chi connectivity index (χ0n) is 14.2. The summed E-state index contributed by atoms with van der Waals surface area (Å²) in [6, 6.07) is 8.11. The predicted octanol–water partition coefficient (Wildman–Crippen LogP) is 4.73. The van der Waals surface area contributed by atoms with Crippen molar-refractivity contribution in [1.82, 2.24) is 0 Å². The standard InChI is InChI=1S/C20H17F4NO2/c21-15-6-5-14-17(16(15)22)25-18(27)20(14,11-1-3-13(26)4-2-11)12-7-9-19(23,24)10-8-12/h1-6,12,26H,7-10H2,(H,25,27). The molecule has 1 fully saturated rings. The van der Waals surface area contributed by atoms with Crippen molar-refractivity contribution in [3.05, 3.63) is 59.2 Å². The van der Waals surface area contributed by atoms with Gasteiger partial charge in [-0.3, -0.25) is 4.79 Å². The average molecular weight is 379 g/mol. The number of hydrogen-bond donors (Lipinski definition) is 2. The molecule has 4 rings (SSSR count). The number of fused-ring (bicyclic) bond motifs is 1. The maximum absolute atomic E-state index is 14.3. The second-order valence-electron chi connectivity index (χ2n) is 7.22. The van der Waals surface area contributed by atoms with Gasteiger partial charge in [0.05, 0.1) is 5.69 Å². The van der Waals surface area contributed by atoms with Gasteiger partial charge in [-0.25, -0.2) is 17.6 Å². The van der Waals surface area contributed by atoms with Crippen molar-refractivity contribution in [2.45, 2.75) is 37.0 Å². The number of benzene rings is 2. The molecule has 142 valence electrons. The molecule has 1 heterocycles. The third-order valence-electron chi connectivity index (χ3n) is 5.77. The lowest BCUT2D eigenvalue weighted by molar-refractivity contribution is -0.123. The molecule has 0 spiro atoms. The Morgan fingerprint density at radius 1 is 1.00 bits per heavy atom. The van der Waals surface area contributed by atoms with Crippen LogP contribution < -0.4 is 5.32 Å². The highest BCUT2D eigenvalue weighted by Gasteiger charge is 2.56. The second kappa shape index (κ2) is 5.97. The molecule has 0 radical (unpaired) electrons. The zero-order valence-corrected chi connectivity index (χ0v) is 14.2. The van der Waals surface area contributed by atoms with Crippen molar-refractivity contribution in [2.75, 3.05) is 5.32 Å². The molecule has 1 amide bonds. The fourth-order valence-electron chi connectivity index (χ4n) is 4.46. The van der Waals surface area contributed by atoms with Crippen LogP contribution in [0, 0.1) is 17.6 Å². The summed E-state index contributed by atoms with van der Waals surface area (Å²) in [7, 11) is 0. The van der Waals surface area contributed by atoms with E-state index in [0.29, 0.717) is 5.56 Å². The molecule has 2 aliphatic rings. The Hall–Kier alpha value is -2.57. The summed E-state index contributed by atoms with van der Waals surface area (Å²) in [4.78, 5) is 13.1. The average Bonchev–Trinajstić information content (AvgIpc) is 2.93. The van der Waals surface area contributed by atoms with Gasteiger partial charge < -0.3 is 10.4 Å². The van der Waals surface area contributed by atoms with Crippen LogP contribution in [0.4, 0.5) is 23.2 Å². The molecular formula is C20H17F4NO2. The minimum absolute atomic E-state index is 0.0204. The summed E-state index contributed by atoms with van der Waals surface area (Å²) < 4.78 is 55.5. The molecule has 0 bridgehead atoms. The molecule has 27 heavy (non-hydrogen) atoms. The molecule has 2 aromatic carbocycles. The van der Waals surface area contributed by atoms with Crippen LogP contribution in [-0.2, 0) is 10.2 Å². The number of alkyl halides is 2. The lowest BCUT2D eigenvalue weighted by Crippen LogP contribution is -2.45. The topological polar surface area (TPSA) is 49.3 Å². The molecule has 1 aliphatic heterocycles. The molecule has 2 aromatic rings. The number of aromatic hydroxyl groups is 1. The first kappa shape index (κ1) is 17.8. The molecule has 2 N–H and O–H groups in total. The van der Waals surface area contributed by atoms with E-state index in [1.807, 2.05) is 0 Å².